The van der Waals surface area contributed by atoms with Gasteiger partial charge in [-0.25, -0.2) is 19.6 Å². The van der Waals surface area contributed by atoms with Gasteiger partial charge in [-0.2, -0.15) is 0 Å². The van der Waals surface area contributed by atoms with Crippen LogP contribution in [-0.2, 0) is 25.7 Å². The van der Waals surface area contributed by atoms with Crippen LogP contribution in [0.1, 0.15) is 82.7 Å². The highest BCUT2D eigenvalue weighted by molar-refractivity contribution is 6.14. The van der Waals surface area contributed by atoms with E-state index in [1.165, 1.54) is 14.2 Å². The van der Waals surface area contributed by atoms with E-state index in [2.05, 4.69) is 50.9 Å². The average Bonchev–Trinajstić information content (AvgIpc) is 4.06. The molecule has 3 aliphatic heterocycles. The Morgan fingerprint density at radius 3 is 1.69 bits per heavy atom. The summed E-state index contributed by atoms with van der Waals surface area (Å²) in [5, 5.41) is 9.72. The lowest BCUT2D eigenvalue weighted by Crippen LogP contribution is -2.51. The van der Waals surface area contributed by atoms with Gasteiger partial charge in [0.25, 0.3) is 0 Å². The maximum Gasteiger partial charge on any atom is 0.407 e. The molecule has 1 unspecified atom stereocenters. The predicted molar refractivity (Wildman–Crippen MR) is 217 cm³/mol. The van der Waals surface area contributed by atoms with Crippen molar-refractivity contribution in [3.8, 4) is 28.3 Å². The Hall–Kier alpha value is -6.12. The predicted octanol–water partition coefficient (Wildman–Crippen LogP) is 6.75. The largest absolute Gasteiger partial charge is 0.488 e. The van der Waals surface area contributed by atoms with Crippen LogP contribution < -0.4 is 15.4 Å². The van der Waals surface area contributed by atoms with Crippen molar-refractivity contribution in [1.82, 2.24) is 40.4 Å². The highest BCUT2D eigenvalue weighted by Gasteiger charge is 2.39. The molecule has 15 heteroatoms. The Bertz CT molecular complexity index is 2240. The molecular weight excluding hydrogens is 741 g/mol. The van der Waals surface area contributed by atoms with Crippen LogP contribution >= 0.6 is 0 Å². The average molecular weight is 791 g/mol. The number of rotatable bonds is 10. The third-order valence-corrected chi connectivity index (χ3v) is 11.8. The van der Waals surface area contributed by atoms with Crippen molar-refractivity contribution in [1.29, 1.82) is 0 Å². The Kier molecular flexibility index (Phi) is 10.5. The number of alkyl carbamates (subject to hydrolysis) is 2. The van der Waals surface area contributed by atoms with Gasteiger partial charge in [0, 0.05) is 29.6 Å². The Balaban J connectivity index is 1.04. The van der Waals surface area contributed by atoms with Crippen molar-refractivity contribution in [3.63, 3.8) is 0 Å². The number of nitrogens with zero attached hydrogens (tertiary/aromatic N) is 4. The summed E-state index contributed by atoms with van der Waals surface area (Å²) in [5.74, 6) is 1.67. The van der Waals surface area contributed by atoms with E-state index in [1.54, 1.807) is 6.20 Å². The molecule has 58 heavy (non-hydrogen) atoms. The molecule has 304 valence electrons. The molecule has 5 aromatic rings. The lowest BCUT2D eigenvalue weighted by atomic mass is 9.92. The molecule has 2 aromatic heterocycles. The molecule has 4 amide bonds. The minimum absolute atomic E-state index is 0.118. The summed E-state index contributed by atoms with van der Waals surface area (Å²) in [5.41, 5.74) is 4.63. The van der Waals surface area contributed by atoms with E-state index in [0.717, 1.165) is 81.1 Å². The number of carbonyl (C=O) groups is 4. The standard InChI is InChI=1S/C43H50N8O7/c1-22(2)36(48-42(54)56-5)40(52)50-13-7-9-31(50)38-44-19-29(46-38)26-15-24-11-12-25-16-27(18-33-35(25)34(24)28(17-26)21-58-33)30-20-45-39(47-30)32-10-8-14-51(32)41(53)37(23(3)4)49-43(55)57-6/h11-12,15-20,22-23,31-32,36-37H,7-10,13-14,21H2,1-6H3,(H,44,46)(H,45,47)(H,48,54)(H,49,55)/t31-,32-,36?,37-/m0/s1. The maximum absolute atomic E-state index is 13.7. The summed E-state index contributed by atoms with van der Waals surface area (Å²) >= 11 is 0. The van der Waals surface area contributed by atoms with Gasteiger partial charge in [-0.05, 0) is 83.5 Å². The monoisotopic (exact) mass is 790 g/mol. The first-order chi connectivity index (χ1) is 27.9. The number of ether oxygens (including phenoxy) is 3. The molecule has 3 aliphatic rings. The number of hydrogen-bond acceptors (Lipinski definition) is 9. The highest BCUT2D eigenvalue weighted by Crippen LogP contribution is 2.44. The fourth-order valence-corrected chi connectivity index (χ4v) is 8.76. The lowest BCUT2D eigenvalue weighted by Gasteiger charge is -2.30. The number of H-pyrrole nitrogens is 2. The van der Waals surface area contributed by atoms with Crippen molar-refractivity contribution in [2.45, 2.75) is 84.2 Å². The minimum atomic E-state index is -0.706. The summed E-state index contributed by atoms with van der Waals surface area (Å²) < 4.78 is 16.0. The van der Waals surface area contributed by atoms with Crippen molar-refractivity contribution in [2.75, 3.05) is 27.3 Å². The number of hydrogen-bond donors (Lipinski definition) is 4. The van der Waals surface area contributed by atoms with Crippen LogP contribution in [0.3, 0.4) is 0 Å². The Morgan fingerprint density at radius 2 is 1.21 bits per heavy atom. The van der Waals surface area contributed by atoms with Gasteiger partial charge < -0.3 is 44.6 Å². The zero-order chi connectivity index (χ0) is 40.8. The molecular formula is C43H50N8O7. The summed E-state index contributed by atoms with van der Waals surface area (Å²) in [6.45, 7) is 9.15. The van der Waals surface area contributed by atoms with Crippen LogP contribution in [0.15, 0.2) is 48.8 Å². The van der Waals surface area contributed by atoms with Crippen LogP contribution in [0.5, 0.6) is 5.75 Å². The van der Waals surface area contributed by atoms with E-state index >= 15 is 0 Å². The highest BCUT2D eigenvalue weighted by atomic mass is 16.5. The minimum Gasteiger partial charge on any atom is -0.488 e. The molecule has 2 fully saturated rings. The normalized spacial score (nSPS) is 18.6. The molecule has 3 aromatic carbocycles. The van der Waals surface area contributed by atoms with Gasteiger partial charge in [0.15, 0.2) is 0 Å². The fraction of sp³-hybridized carbons (Fsp3) is 0.442. The molecule has 5 heterocycles. The van der Waals surface area contributed by atoms with E-state index in [9.17, 15) is 19.2 Å². The third-order valence-electron chi connectivity index (χ3n) is 11.8. The molecule has 15 nitrogen and oxygen atoms in total. The first-order valence-corrected chi connectivity index (χ1v) is 20.0. The molecule has 0 bridgehead atoms. The zero-order valence-corrected chi connectivity index (χ0v) is 33.7. The van der Waals surface area contributed by atoms with Crippen molar-refractivity contribution in [3.05, 3.63) is 66.0 Å². The van der Waals surface area contributed by atoms with Gasteiger partial charge >= 0.3 is 12.2 Å². The Morgan fingerprint density at radius 1 is 0.724 bits per heavy atom. The third kappa shape index (κ3) is 7.06. The second-order valence-electron chi connectivity index (χ2n) is 16.1. The summed E-state index contributed by atoms with van der Waals surface area (Å²) in [7, 11) is 2.58. The molecule has 2 saturated heterocycles. The van der Waals surface area contributed by atoms with Crippen molar-refractivity contribution >= 4 is 45.5 Å². The number of aromatic amines is 2. The van der Waals surface area contributed by atoms with Gasteiger partial charge in [0.2, 0.25) is 11.8 Å². The second kappa shape index (κ2) is 15.7. The van der Waals surface area contributed by atoms with Gasteiger partial charge in [0.05, 0.1) is 50.1 Å². The molecule has 0 saturated carbocycles. The number of benzene rings is 3. The summed E-state index contributed by atoms with van der Waals surface area (Å²) in [4.78, 5) is 71.5. The Labute approximate surface area is 336 Å². The molecule has 8 rings (SSSR count). The van der Waals surface area contributed by atoms with Gasteiger partial charge in [-0.1, -0.05) is 39.8 Å². The zero-order valence-electron chi connectivity index (χ0n) is 33.7. The van der Waals surface area contributed by atoms with Crippen molar-refractivity contribution < 1.29 is 33.4 Å². The van der Waals surface area contributed by atoms with E-state index in [0.29, 0.717) is 31.3 Å². The number of aromatic nitrogens is 4. The first-order valence-electron chi connectivity index (χ1n) is 20.0. The van der Waals surface area contributed by atoms with E-state index in [4.69, 9.17) is 24.2 Å². The summed E-state index contributed by atoms with van der Waals surface area (Å²) in [6.07, 6.45) is 5.56. The molecule has 0 aliphatic carbocycles. The van der Waals surface area contributed by atoms with E-state index in [1.807, 2.05) is 49.8 Å². The van der Waals surface area contributed by atoms with Crippen LogP contribution in [0.2, 0.25) is 0 Å². The maximum atomic E-state index is 13.7. The molecule has 0 spiro atoms. The number of carbonyl (C=O) groups excluding carboxylic acids is 4. The molecule has 0 radical (unpaired) electrons. The fourth-order valence-electron chi connectivity index (χ4n) is 8.76. The molecule has 4 N–H and O–H groups in total. The van der Waals surface area contributed by atoms with Crippen LogP contribution in [-0.4, -0.2) is 93.1 Å². The SMILES string of the molecule is COC(=O)NC(C(=O)N1CCC[C@H]1c1ncc(-c2cc3c4c(ccc5cc(-c6cnc([C@@H]7CCCN7C(=O)[C@@H](NC(=O)OC)C(C)C)[nH]6)cc(c54)OC3)c2)[nH]1)C(C)C. The number of nitrogens with one attached hydrogen (secondary N) is 4. The number of methoxy groups -OCH3 is 2. The van der Waals surface area contributed by atoms with E-state index in [-0.39, 0.29) is 35.7 Å². The topological polar surface area (TPSA) is 184 Å². The first kappa shape index (κ1) is 38.7. The van der Waals surface area contributed by atoms with Gasteiger partial charge in [-0.15, -0.1) is 0 Å². The smallest absolute Gasteiger partial charge is 0.407 e. The van der Waals surface area contributed by atoms with Gasteiger partial charge in [0.1, 0.15) is 36.1 Å². The van der Waals surface area contributed by atoms with Crippen LogP contribution in [0, 0.1) is 11.8 Å². The summed E-state index contributed by atoms with van der Waals surface area (Å²) in [6, 6.07) is 10.8. The van der Waals surface area contributed by atoms with Crippen LogP contribution in [0.25, 0.3) is 44.1 Å². The lowest BCUT2D eigenvalue weighted by molar-refractivity contribution is -0.136. The van der Waals surface area contributed by atoms with Crippen molar-refractivity contribution in [2.24, 2.45) is 11.8 Å². The van der Waals surface area contributed by atoms with Gasteiger partial charge in [-0.3, -0.25) is 9.59 Å². The second-order valence-corrected chi connectivity index (χ2v) is 16.1. The quantitative estimate of drug-likeness (QED) is 0.111. The van der Waals surface area contributed by atoms with E-state index < -0.39 is 24.3 Å². The molecule has 4 atom stereocenters. The number of likely N-dealkylation sites (tertiary alicyclic amines) is 2. The number of imidazole rings is 2. The number of amides is 4. The van der Waals surface area contributed by atoms with Crippen LogP contribution in [0.4, 0.5) is 9.59 Å².